The van der Waals surface area contributed by atoms with E-state index in [4.69, 9.17) is 0 Å². The van der Waals surface area contributed by atoms with Crippen LogP contribution in [0.25, 0.3) is 0 Å². The van der Waals surface area contributed by atoms with Crippen molar-refractivity contribution in [3.8, 4) is 0 Å². The first-order valence-corrected chi connectivity index (χ1v) is 7.32. The molecule has 1 aromatic carbocycles. The van der Waals surface area contributed by atoms with Gasteiger partial charge in [-0.1, -0.05) is 12.1 Å². The van der Waals surface area contributed by atoms with Crippen LogP contribution in [0.1, 0.15) is 42.7 Å². The van der Waals surface area contributed by atoms with E-state index in [0.717, 1.165) is 12.1 Å². The molecule has 1 aliphatic rings. The van der Waals surface area contributed by atoms with Crippen molar-refractivity contribution in [3.05, 3.63) is 35.4 Å². The number of hydrogen-bond donors (Lipinski definition) is 0. The minimum atomic E-state index is -0.983. The molecule has 1 aromatic rings. The summed E-state index contributed by atoms with van der Waals surface area (Å²) in [5.41, 5.74) is 1.63. The van der Waals surface area contributed by atoms with Crippen molar-refractivity contribution < 1.29 is 14.1 Å². The molecule has 1 fully saturated rings. The standard InChI is InChI=1S/C14H19NO3S/c1-14(2,3)19(17)15-9-12(15)10-5-7-11(8-6-10)13(16)18-4/h5-8,12H,9H2,1-4H3/t12-,15?,19-/m1/s1. The van der Waals surface area contributed by atoms with Crippen LogP contribution in [0.5, 0.6) is 0 Å². The molecule has 0 saturated carbocycles. The molecule has 1 unspecified atom stereocenters. The minimum absolute atomic E-state index is 0.201. The van der Waals surface area contributed by atoms with E-state index in [9.17, 15) is 9.35 Å². The van der Waals surface area contributed by atoms with Crippen molar-refractivity contribution in [1.29, 1.82) is 0 Å². The molecule has 4 nitrogen and oxygen atoms in total. The van der Waals surface area contributed by atoms with Crippen LogP contribution in [-0.2, 0) is 16.1 Å². The van der Waals surface area contributed by atoms with Gasteiger partial charge < -0.3 is 9.29 Å². The quantitative estimate of drug-likeness (QED) is 0.484. The van der Waals surface area contributed by atoms with Gasteiger partial charge in [0, 0.05) is 11.4 Å². The monoisotopic (exact) mass is 281 g/mol. The van der Waals surface area contributed by atoms with Gasteiger partial charge in [-0.3, -0.25) is 0 Å². The van der Waals surface area contributed by atoms with Crippen LogP contribution in [0.2, 0.25) is 0 Å². The number of benzene rings is 1. The molecule has 0 N–H and O–H groups in total. The Bertz CT molecular complexity index is 467. The van der Waals surface area contributed by atoms with Gasteiger partial charge >= 0.3 is 5.97 Å². The van der Waals surface area contributed by atoms with Gasteiger partial charge in [-0.05, 0) is 38.5 Å². The Morgan fingerprint density at radius 3 is 2.42 bits per heavy atom. The predicted molar refractivity (Wildman–Crippen MR) is 75.1 cm³/mol. The first-order valence-electron chi connectivity index (χ1n) is 6.21. The molecule has 0 amide bonds. The summed E-state index contributed by atoms with van der Waals surface area (Å²) in [6.45, 7) is 6.72. The fraction of sp³-hybridized carbons (Fsp3) is 0.500. The van der Waals surface area contributed by atoms with E-state index in [-0.39, 0.29) is 16.8 Å². The molecule has 0 aromatic heterocycles. The second kappa shape index (κ2) is 5.15. The molecule has 0 bridgehead atoms. The van der Waals surface area contributed by atoms with Crippen LogP contribution in [0.15, 0.2) is 24.3 Å². The zero-order valence-electron chi connectivity index (χ0n) is 11.7. The summed E-state index contributed by atoms with van der Waals surface area (Å²) in [5.74, 6) is -0.336. The molecular formula is C14H19NO3S. The number of carbonyl (C=O) groups excluding carboxylic acids is 1. The second-order valence-corrected chi connectivity index (χ2v) is 7.78. The number of nitrogens with zero attached hydrogens (tertiary/aromatic N) is 1. The highest BCUT2D eigenvalue weighted by Crippen LogP contribution is 2.41. The average molecular weight is 281 g/mol. The fourth-order valence-corrected chi connectivity index (χ4v) is 3.22. The van der Waals surface area contributed by atoms with Crippen LogP contribution >= 0.6 is 0 Å². The first-order chi connectivity index (χ1) is 8.84. The van der Waals surface area contributed by atoms with Crippen LogP contribution < -0.4 is 0 Å². The molecule has 3 atom stereocenters. The van der Waals surface area contributed by atoms with E-state index in [1.54, 1.807) is 12.1 Å². The summed E-state index contributed by atoms with van der Waals surface area (Å²) in [7, 11) is 1.37. The Hall–Kier alpha value is -1.04. The Labute approximate surface area is 117 Å². The lowest BCUT2D eigenvalue weighted by Crippen LogP contribution is -2.33. The molecule has 1 saturated heterocycles. The number of ether oxygens (including phenoxy) is 1. The van der Waals surface area contributed by atoms with Gasteiger partial charge in [0.1, 0.15) is 4.75 Å². The van der Waals surface area contributed by atoms with E-state index < -0.39 is 11.4 Å². The normalized spacial score (nSPS) is 23.8. The third kappa shape index (κ3) is 3.11. The van der Waals surface area contributed by atoms with Gasteiger partial charge in [0.2, 0.25) is 0 Å². The van der Waals surface area contributed by atoms with Crippen molar-refractivity contribution in [1.82, 2.24) is 4.31 Å². The van der Waals surface area contributed by atoms with Crippen LogP contribution in [0, 0.1) is 0 Å². The van der Waals surface area contributed by atoms with Gasteiger partial charge in [0.15, 0.2) is 0 Å². The summed E-state index contributed by atoms with van der Waals surface area (Å²) >= 11 is -0.983. The zero-order valence-corrected chi connectivity index (χ0v) is 12.5. The predicted octanol–water partition coefficient (Wildman–Crippen LogP) is 2.29. The molecule has 104 valence electrons. The maximum Gasteiger partial charge on any atom is 0.337 e. The number of esters is 1. The molecule has 19 heavy (non-hydrogen) atoms. The maximum atomic E-state index is 12.2. The fourth-order valence-electron chi connectivity index (χ4n) is 1.89. The minimum Gasteiger partial charge on any atom is -0.597 e. The van der Waals surface area contributed by atoms with Crippen LogP contribution in [0.4, 0.5) is 0 Å². The van der Waals surface area contributed by atoms with Crippen LogP contribution in [0.3, 0.4) is 0 Å². The lowest BCUT2D eigenvalue weighted by molar-refractivity contribution is 0.0600. The lowest BCUT2D eigenvalue weighted by Gasteiger charge is -2.24. The molecule has 0 aliphatic carbocycles. The topological polar surface area (TPSA) is 52.4 Å². The van der Waals surface area contributed by atoms with E-state index in [1.165, 1.54) is 7.11 Å². The van der Waals surface area contributed by atoms with E-state index in [1.807, 2.05) is 37.2 Å². The average Bonchev–Trinajstić information content (AvgIpc) is 3.16. The largest absolute Gasteiger partial charge is 0.597 e. The summed E-state index contributed by atoms with van der Waals surface area (Å²) in [6.07, 6.45) is 0. The van der Waals surface area contributed by atoms with E-state index in [2.05, 4.69) is 4.74 Å². The summed E-state index contributed by atoms with van der Waals surface area (Å²) in [5, 5.41) is 0. The molecular weight excluding hydrogens is 262 g/mol. The van der Waals surface area contributed by atoms with Gasteiger partial charge in [-0.25, -0.2) is 4.79 Å². The highest BCUT2D eigenvalue weighted by molar-refractivity contribution is 7.90. The Kier molecular flexibility index (Phi) is 3.90. The molecule has 1 heterocycles. The Morgan fingerprint density at radius 1 is 1.37 bits per heavy atom. The highest BCUT2D eigenvalue weighted by Gasteiger charge is 2.49. The van der Waals surface area contributed by atoms with Crippen molar-refractivity contribution in [2.75, 3.05) is 13.7 Å². The molecule has 0 spiro atoms. The smallest absolute Gasteiger partial charge is 0.337 e. The summed E-state index contributed by atoms with van der Waals surface area (Å²) in [4.78, 5) is 11.3. The number of rotatable bonds is 3. The lowest BCUT2D eigenvalue weighted by atomic mass is 10.1. The summed E-state index contributed by atoms with van der Waals surface area (Å²) in [6, 6.07) is 7.50. The number of methoxy groups -OCH3 is 1. The van der Waals surface area contributed by atoms with Crippen molar-refractivity contribution in [2.45, 2.75) is 31.6 Å². The first kappa shape index (κ1) is 14.4. The second-order valence-electron chi connectivity index (χ2n) is 5.59. The SMILES string of the molecule is COC(=O)c1ccc([C@H]2CN2[S@+]([O-])C(C)(C)C)cc1. The number of hydrogen-bond acceptors (Lipinski definition) is 4. The Balaban J connectivity index is 2.04. The van der Waals surface area contributed by atoms with Gasteiger partial charge in [0.05, 0.1) is 25.3 Å². The number of carbonyl (C=O) groups is 1. The van der Waals surface area contributed by atoms with Crippen molar-refractivity contribution >= 4 is 17.3 Å². The van der Waals surface area contributed by atoms with E-state index in [0.29, 0.717) is 5.56 Å². The van der Waals surface area contributed by atoms with Crippen LogP contribution in [-0.4, -0.2) is 33.2 Å². The van der Waals surface area contributed by atoms with E-state index >= 15 is 0 Å². The molecule has 5 heteroatoms. The summed E-state index contributed by atoms with van der Waals surface area (Å²) < 4.78 is 18.6. The molecule has 0 radical (unpaired) electrons. The third-order valence-corrected chi connectivity index (χ3v) is 4.90. The van der Waals surface area contributed by atoms with Crippen molar-refractivity contribution in [3.63, 3.8) is 0 Å². The zero-order chi connectivity index (χ0) is 14.2. The maximum absolute atomic E-state index is 12.2. The van der Waals surface area contributed by atoms with Gasteiger partial charge in [-0.15, -0.1) is 4.31 Å². The third-order valence-electron chi connectivity index (χ3n) is 3.02. The molecule has 1 aliphatic heterocycles. The Morgan fingerprint density at radius 2 is 1.95 bits per heavy atom. The van der Waals surface area contributed by atoms with Gasteiger partial charge in [-0.2, -0.15) is 0 Å². The molecule has 2 rings (SSSR count). The van der Waals surface area contributed by atoms with Gasteiger partial charge in [0.25, 0.3) is 0 Å². The highest BCUT2D eigenvalue weighted by atomic mass is 32.2. The van der Waals surface area contributed by atoms with Crippen molar-refractivity contribution in [2.24, 2.45) is 0 Å².